The van der Waals surface area contributed by atoms with Crippen LogP contribution in [0.15, 0.2) is 24.3 Å². The fourth-order valence-corrected chi connectivity index (χ4v) is 2.10. The number of halogens is 1. The van der Waals surface area contributed by atoms with Crippen molar-refractivity contribution in [3.8, 4) is 0 Å². The Hall–Kier alpha value is -1.91. The van der Waals surface area contributed by atoms with Crippen molar-refractivity contribution < 1.29 is 14.0 Å². The highest BCUT2D eigenvalue weighted by molar-refractivity contribution is 5.95. The van der Waals surface area contributed by atoms with Gasteiger partial charge in [0.25, 0.3) is 5.91 Å². The lowest BCUT2D eigenvalue weighted by Crippen LogP contribution is -2.47. The van der Waals surface area contributed by atoms with E-state index < -0.39 is 11.7 Å². The van der Waals surface area contributed by atoms with Gasteiger partial charge < -0.3 is 0 Å². The van der Waals surface area contributed by atoms with E-state index in [1.54, 1.807) is 0 Å². The van der Waals surface area contributed by atoms with Gasteiger partial charge in [-0.05, 0) is 30.0 Å². The highest BCUT2D eigenvalue weighted by Gasteiger charge is 2.29. The molecule has 2 amide bonds. The number of carbonyl (C=O) groups excluding carboxylic acids is 2. The van der Waals surface area contributed by atoms with Crippen LogP contribution in [0, 0.1) is 17.2 Å². The molecule has 0 spiro atoms. The molecule has 0 heterocycles. The molecule has 1 atom stereocenters. The summed E-state index contributed by atoms with van der Waals surface area (Å²) in [5, 5.41) is 0. The molecule has 5 heteroatoms. The van der Waals surface area contributed by atoms with E-state index in [-0.39, 0.29) is 22.8 Å². The molecule has 0 aromatic heterocycles. The van der Waals surface area contributed by atoms with Gasteiger partial charge in [-0.15, -0.1) is 0 Å². The van der Waals surface area contributed by atoms with E-state index in [1.165, 1.54) is 18.2 Å². The average molecular weight is 280 g/mol. The zero-order valence-electron chi connectivity index (χ0n) is 12.3. The normalized spacial score (nSPS) is 12.7. The Balaban J connectivity index is 2.63. The Kier molecular flexibility index (Phi) is 5.25. The van der Waals surface area contributed by atoms with E-state index in [0.717, 1.165) is 6.07 Å². The first kappa shape index (κ1) is 16.1. The first-order chi connectivity index (χ1) is 9.25. The first-order valence-electron chi connectivity index (χ1n) is 6.61. The Bertz CT molecular complexity index is 495. The van der Waals surface area contributed by atoms with E-state index in [1.807, 2.05) is 27.7 Å². The number of hydrazine groups is 1. The van der Waals surface area contributed by atoms with Crippen LogP contribution >= 0.6 is 0 Å². The molecule has 1 unspecified atom stereocenters. The zero-order valence-corrected chi connectivity index (χ0v) is 12.3. The van der Waals surface area contributed by atoms with Crippen LogP contribution in [-0.2, 0) is 4.79 Å². The standard InChI is InChI=1S/C15H21FN2O2/c1-5-12(15(2,3)4)14(20)18-17-13(19)10-7-6-8-11(16)9-10/h6-9,12H,5H2,1-4H3,(H,17,19)(H,18,20). The monoisotopic (exact) mass is 280 g/mol. The summed E-state index contributed by atoms with van der Waals surface area (Å²) in [4.78, 5) is 23.8. The Labute approximate surface area is 118 Å². The molecule has 20 heavy (non-hydrogen) atoms. The molecule has 2 N–H and O–H groups in total. The SMILES string of the molecule is CCC(C(=O)NNC(=O)c1cccc(F)c1)C(C)(C)C. The van der Waals surface area contributed by atoms with E-state index in [2.05, 4.69) is 10.9 Å². The third-order valence-electron chi connectivity index (χ3n) is 3.16. The van der Waals surface area contributed by atoms with E-state index in [9.17, 15) is 14.0 Å². The fourth-order valence-electron chi connectivity index (χ4n) is 2.10. The van der Waals surface area contributed by atoms with Crippen LogP contribution in [0.4, 0.5) is 4.39 Å². The molecule has 0 radical (unpaired) electrons. The van der Waals surface area contributed by atoms with Crippen LogP contribution in [0.3, 0.4) is 0 Å². The summed E-state index contributed by atoms with van der Waals surface area (Å²) in [7, 11) is 0. The number of amides is 2. The first-order valence-corrected chi connectivity index (χ1v) is 6.61. The van der Waals surface area contributed by atoms with Crippen molar-refractivity contribution in [2.45, 2.75) is 34.1 Å². The maximum Gasteiger partial charge on any atom is 0.269 e. The molecule has 4 nitrogen and oxygen atoms in total. The summed E-state index contributed by atoms with van der Waals surface area (Å²) in [6.45, 7) is 7.82. The minimum absolute atomic E-state index is 0.161. The second kappa shape index (κ2) is 6.50. The summed E-state index contributed by atoms with van der Waals surface area (Å²) in [5.74, 6) is -1.49. The lowest BCUT2D eigenvalue weighted by atomic mass is 9.79. The Morgan fingerprint density at radius 1 is 1.25 bits per heavy atom. The molecule has 110 valence electrons. The predicted octanol–water partition coefficient (Wildman–Crippen LogP) is 2.66. The van der Waals surface area contributed by atoms with Gasteiger partial charge in [0.2, 0.25) is 5.91 Å². The van der Waals surface area contributed by atoms with Gasteiger partial charge in [0.1, 0.15) is 5.82 Å². The van der Waals surface area contributed by atoms with Gasteiger partial charge in [-0.3, -0.25) is 20.4 Å². The molecule has 1 aromatic rings. The van der Waals surface area contributed by atoms with Crippen molar-refractivity contribution in [2.24, 2.45) is 11.3 Å². The molecular formula is C15H21FN2O2. The van der Waals surface area contributed by atoms with Crippen molar-refractivity contribution >= 4 is 11.8 Å². The molecule has 0 fully saturated rings. The number of hydrogen-bond donors (Lipinski definition) is 2. The summed E-state index contributed by atoms with van der Waals surface area (Å²) >= 11 is 0. The van der Waals surface area contributed by atoms with Gasteiger partial charge in [0, 0.05) is 11.5 Å². The van der Waals surface area contributed by atoms with Crippen molar-refractivity contribution in [1.82, 2.24) is 10.9 Å². The molecule has 1 rings (SSSR count). The molecule has 1 aromatic carbocycles. The quantitative estimate of drug-likeness (QED) is 0.836. The van der Waals surface area contributed by atoms with Gasteiger partial charge in [-0.2, -0.15) is 0 Å². The second-order valence-corrected chi connectivity index (χ2v) is 5.78. The minimum Gasteiger partial charge on any atom is -0.273 e. The van der Waals surface area contributed by atoms with E-state index in [4.69, 9.17) is 0 Å². The molecule has 0 aliphatic rings. The number of carbonyl (C=O) groups is 2. The third kappa shape index (κ3) is 4.33. The van der Waals surface area contributed by atoms with Crippen LogP contribution < -0.4 is 10.9 Å². The van der Waals surface area contributed by atoms with E-state index >= 15 is 0 Å². The van der Waals surface area contributed by atoms with Crippen molar-refractivity contribution in [3.05, 3.63) is 35.6 Å². The molecule has 0 aliphatic carbocycles. The maximum atomic E-state index is 13.0. The predicted molar refractivity (Wildman–Crippen MR) is 75.2 cm³/mol. The van der Waals surface area contributed by atoms with Crippen molar-refractivity contribution in [3.63, 3.8) is 0 Å². The summed E-state index contributed by atoms with van der Waals surface area (Å²) in [6, 6.07) is 5.28. The summed E-state index contributed by atoms with van der Waals surface area (Å²) < 4.78 is 13.0. The average Bonchev–Trinajstić information content (AvgIpc) is 2.35. The second-order valence-electron chi connectivity index (χ2n) is 5.78. The summed E-state index contributed by atoms with van der Waals surface area (Å²) in [6.07, 6.45) is 0.672. The molecule has 0 saturated heterocycles. The fraction of sp³-hybridized carbons (Fsp3) is 0.467. The maximum absolute atomic E-state index is 13.0. The number of hydrogen-bond acceptors (Lipinski definition) is 2. The van der Waals surface area contributed by atoms with Crippen LogP contribution in [0.5, 0.6) is 0 Å². The van der Waals surface area contributed by atoms with Crippen LogP contribution in [0.2, 0.25) is 0 Å². The lowest BCUT2D eigenvalue weighted by Gasteiger charge is -2.28. The highest BCUT2D eigenvalue weighted by atomic mass is 19.1. The summed E-state index contributed by atoms with van der Waals surface area (Å²) in [5.41, 5.74) is 4.67. The van der Waals surface area contributed by atoms with Crippen LogP contribution in [-0.4, -0.2) is 11.8 Å². The van der Waals surface area contributed by atoms with E-state index in [0.29, 0.717) is 6.42 Å². The number of nitrogens with one attached hydrogen (secondary N) is 2. The van der Waals surface area contributed by atoms with Gasteiger partial charge in [0.05, 0.1) is 0 Å². The largest absolute Gasteiger partial charge is 0.273 e. The Morgan fingerprint density at radius 2 is 1.90 bits per heavy atom. The van der Waals surface area contributed by atoms with Gasteiger partial charge in [0.15, 0.2) is 0 Å². The molecular weight excluding hydrogens is 259 g/mol. The van der Waals surface area contributed by atoms with Crippen molar-refractivity contribution in [1.29, 1.82) is 0 Å². The minimum atomic E-state index is -0.540. The smallest absolute Gasteiger partial charge is 0.269 e. The van der Waals surface area contributed by atoms with Gasteiger partial charge in [-0.1, -0.05) is 33.8 Å². The van der Waals surface area contributed by atoms with Gasteiger partial charge >= 0.3 is 0 Å². The Morgan fingerprint density at radius 3 is 2.40 bits per heavy atom. The molecule has 0 bridgehead atoms. The topological polar surface area (TPSA) is 58.2 Å². The molecule has 0 aliphatic heterocycles. The van der Waals surface area contributed by atoms with Crippen LogP contribution in [0.25, 0.3) is 0 Å². The third-order valence-corrected chi connectivity index (χ3v) is 3.16. The highest BCUT2D eigenvalue weighted by Crippen LogP contribution is 2.28. The lowest BCUT2D eigenvalue weighted by molar-refractivity contribution is -0.129. The van der Waals surface area contributed by atoms with Crippen molar-refractivity contribution in [2.75, 3.05) is 0 Å². The number of benzene rings is 1. The number of rotatable bonds is 3. The molecule has 0 saturated carbocycles. The van der Waals surface area contributed by atoms with Gasteiger partial charge in [-0.25, -0.2) is 4.39 Å². The van der Waals surface area contributed by atoms with Crippen LogP contribution in [0.1, 0.15) is 44.5 Å². The zero-order chi connectivity index (χ0) is 15.3.